The summed E-state index contributed by atoms with van der Waals surface area (Å²) in [5.74, 6) is 0.447. The SMILES string of the molecule is CC1CN(CC(=O)c2cccc([N+](=O)[O-])c2)CC1N(C)C. The first-order valence-electron chi connectivity index (χ1n) is 7.05. The van der Waals surface area contributed by atoms with E-state index in [2.05, 4.69) is 16.7 Å². The number of ketones is 1. The molecule has 2 unspecified atom stereocenters. The van der Waals surface area contributed by atoms with Crippen LogP contribution in [0, 0.1) is 16.0 Å². The molecule has 0 saturated carbocycles. The second-order valence-corrected chi connectivity index (χ2v) is 5.93. The van der Waals surface area contributed by atoms with Crippen molar-refractivity contribution in [2.75, 3.05) is 33.7 Å². The third kappa shape index (κ3) is 3.65. The summed E-state index contributed by atoms with van der Waals surface area (Å²) in [5.41, 5.74) is 0.368. The van der Waals surface area contributed by atoms with E-state index in [1.807, 2.05) is 14.1 Å². The molecular formula is C15H21N3O3. The lowest BCUT2D eigenvalue weighted by Gasteiger charge is -2.22. The van der Waals surface area contributed by atoms with Crippen molar-refractivity contribution in [1.82, 2.24) is 9.80 Å². The summed E-state index contributed by atoms with van der Waals surface area (Å²) in [7, 11) is 4.10. The van der Waals surface area contributed by atoms with E-state index in [9.17, 15) is 14.9 Å². The van der Waals surface area contributed by atoms with Gasteiger partial charge in [0.1, 0.15) is 0 Å². The highest BCUT2D eigenvalue weighted by Crippen LogP contribution is 2.21. The molecule has 1 aliphatic heterocycles. The van der Waals surface area contributed by atoms with Gasteiger partial charge in [-0.2, -0.15) is 0 Å². The number of nitrogens with zero attached hydrogens (tertiary/aromatic N) is 3. The monoisotopic (exact) mass is 291 g/mol. The van der Waals surface area contributed by atoms with Gasteiger partial charge in [-0.3, -0.25) is 19.8 Å². The number of hydrogen-bond acceptors (Lipinski definition) is 5. The van der Waals surface area contributed by atoms with Gasteiger partial charge in [0.2, 0.25) is 0 Å². The molecule has 21 heavy (non-hydrogen) atoms. The second-order valence-electron chi connectivity index (χ2n) is 5.93. The average molecular weight is 291 g/mol. The second kappa shape index (κ2) is 6.32. The van der Waals surface area contributed by atoms with Crippen molar-refractivity contribution in [3.63, 3.8) is 0 Å². The molecule has 0 aliphatic carbocycles. The van der Waals surface area contributed by atoms with Gasteiger partial charge in [-0.1, -0.05) is 19.1 Å². The van der Waals surface area contributed by atoms with E-state index in [1.165, 1.54) is 12.1 Å². The molecule has 1 aliphatic rings. The fourth-order valence-corrected chi connectivity index (χ4v) is 2.94. The highest BCUT2D eigenvalue weighted by Gasteiger charge is 2.31. The summed E-state index contributed by atoms with van der Waals surface area (Å²) in [6, 6.07) is 6.39. The summed E-state index contributed by atoms with van der Waals surface area (Å²) in [6.07, 6.45) is 0. The van der Waals surface area contributed by atoms with E-state index in [0.29, 0.717) is 24.1 Å². The predicted molar refractivity (Wildman–Crippen MR) is 80.5 cm³/mol. The fraction of sp³-hybridized carbons (Fsp3) is 0.533. The summed E-state index contributed by atoms with van der Waals surface area (Å²) < 4.78 is 0. The molecular weight excluding hydrogens is 270 g/mol. The van der Waals surface area contributed by atoms with Gasteiger partial charge in [0.15, 0.2) is 5.78 Å². The molecule has 0 N–H and O–H groups in total. The molecule has 1 saturated heterocycles. The summed E-state index contributed by atoms with van der Waals surface area (Å²) in [4.78, 5) is 26.9. The Morgan fingerprint density at radius 2 is 2.14 bits per heavy atom. The molecule has 0 spiro atoms. The first-order valence-corrected chi connectivity index (χ1v) is 7.05. The zero-order chi connectivity index (χ0) is 15.6. The molecule has 114 valence electrons. The van der Waals surface area contributed by atoms with Crippen LogP contribution in [-0.4, -0.2) is 60.3 Å². The highest BCUT2D eigenvalue weighted by molar-refractivity contribution is 5.98. The van der Waals surface area contributed by atoms with Gasteiger partial charge in [0.25, 0.3) is 5.69 Å². The smallest absolute Gasteiger partial charge is 0.270 e. The number of benzene rings is 1. The number of Topliss-reactive ketones (excluding diaryl/α,β-unsaturated/α-hetero) is 1. The lowest BCUT2D eigenvalue weighted by Crippen LogP contribution is -2.35. The molecule has 1 aromatic rings. The third-order valence-corrected chi connectivity index (χ3v) is 4.06. The topological polar surface area (TPSA) is 66.7 Å². The highest BCUT2D eigenvalue weighted by atomic mass is 16.6. The lowest BCUT2D eigenvalue weighted by molar-refractivity contribution is -0.384. The van der Waals surface area contributed by atoms with Gasteiger partial charge in [-0.15, -0.1) is 0 Å². The molecule has 0 bridgehead atoms. The van der Waals surface area contributed by atoms with E-state index < -0.39 is 4.92 Å². The zero-order valence-corrected chi connectivity index (χ0v) is 12.7. The van der Waals surface area contributed by atoms with E-state index in [0.717, 1.165) is 13.1 Å². The molecule has 1 aromatic carbocycles. The van der Waals surface area contributed by atoms with Crippen LogP contribution in [0.4, 0.5) is 5.69 Å². The molecule has 6 heteroatoms. The first kappa shape index (κ1) is 15.6. The molecule has 0 amide bonds. The first-order chi connectivity index (χ1) is 9.88. The molecule has 1 fully saturated rings. The predicted octanol–water partition coefficient (Wildman–Crippen LogP) is 1.66. The average Bonchev–Trinajstić information content (AvgIpc) is 2.79. The summed E-state index contributed by atoms with van der Waals surface area (Å²) in [6.45, 7) is 4.23. The molecule has 0 aromatic heterocycles. The summed E-state index contributed by atoms with van der Waals surface area (Å²) in [5, 5.41) is 10.8. The van der Waals surface area contributed by atoms with Gasteiger partial charge < -0.3 is 4.90 Å². The van der Waals surface area contributed by atoms with Crippen LogP contribution in [0.5, 0.6) is 0 Å². The van der Waals surface area contributed by atoms with Crippen LogP contribution in [0.1, 0.15) is 17.3 Å². The molecule has 0 radical (unpaired) electrons. The van der Waals surface area contributed by atoms with Crippen molar-refractivity contribution in [2.24, 2.45) is 5.92 Å². The Kier molecular flexibility index (Phi) is 4.69. The minimum atomic E-state index is -0.475. The Bertz CT molecular complexity index is 545. The Morgan fingerprint density at radius 1 is 1.43 bits per heavy atom. The molecule has 1 heterocycles. The Hall–Kier alpha value is -1.79. The van der Waals surface area contributed by atoms with Crippen molar-refractivity contribution in [1.29, 1.82) is 0 Å². The molecule has 2 atom stereocenters. The standard InChI is InChI=1S/C15H21N3O3/c1-11-8-17(9-14(11)16(2)3)10-15(19)12-5-4-6-13(7-12)18(20)21/h4-7,11,14H,8-10H2,1-3H3. The largest absolute Gasteiger partial charge is 0.305 e. The minimum Gasteiger partial charge on any atom is -0.305 e. The maximum absolute atomic E-state index is 12.3. The van der Waals surface area contributed by atoms with Crippen LogP contribution >= 0.6 is 0 Å². The maximum Gasteiger partial charge on any atom is 0.270 e. The van der Waals surface area contributed by atoms with Crippen molar-refractivity contribution < 1.29 is 9.72 Å². The number of likely N-dealkylation sites (N-methyl/N-ethyl adjacent to an activating group) is 1. The van der Waals surface area contributed by atoms with Crippen LogP contribution in [0.25, 0.3) is 0 Å². The zero-order valence-electron chi connectivity index (χ0n) is 12.7. The number of non-ortho nitro benzene ring substituents is 1. The van der Waals surface area contributed by atoms with E-state index in [-0.39, 0.29) is 11.5 Å². The van der Waals surface area contributed by atoms with Gasteiger partial charge >= 0.3 is 0 Å². The molecule has 6 nitrogen and oxygen atoms in total. The number of nitro benzene ring substituents is 1. The fourth-order valence-electron chi connectivity index (χ4n) is 2.94. The number of carbonyl (C=O) groups is 1. The van der Waals surface area contributed by atoms with Crippen LogP contribution in [-0.2, 0) is 0 Å². The Balaban J connectivity index is 2.02. The van der Waals surface area contributed by atoms with Gasteiger partial charge in [-0.05, 0) is 20.0 Å². The number of likely N-dealkylation sites (tertiary alicyclic amines) is 1. The van der Waals surface area contributed by atoms with Crippen LogP contribution in [0.2, 0.25) is 0 Å². The Labute approximate surface area is 124 Å². The molecule has 2 rings (SSSR count). The van der Waals surface area contributed by atoms with Crippen molar-refractivity contribution in [2.45, 2.75) is 13.0 Å². The number of rotatable bonds is 5. The van der Waals surface area contributed by atoms with Gasteiger partial charge in [-0.25, -0.2) is 0 Å². The number of nitro groups is 1. The number of hydrogen-bond donors (Lipinski definition) is 0. The van der Waals surface area contributed by atoms with E-state index in [4.69, 9.17) is 0 Å². The van der Waals surface area contributed by atoms with Crippen LogP contribution < -0.4 is 0 Å². The van der Waals surface area contributed by atoms with Crippen LogP contribution in [0.15, 0.2) is 24.3 Å². The van der Waals surface area contributed by atoms with E-state index >= 15 is 0 Å². The lowest BCUT2D eigenvalue weighted by atomic mass is 10.1. The van der Waals surface area contributed by atoms with Crippen LogP contribution in [0.3, 0.4) is 0 Å². The Morgan fingerprint density at radius 3 is 2.71 bits per heavy atom. The maximum atomic E-state index is 12.3. The minimum absolute atomic E-state index is 0.0400. The normalized spacial score (nSPS) is 22.7. The van der Waals surface area contributed by atoms with Gasteiger partial charge in [0.05, 0.1) is 11.5 Å². The van der Waals surface area contributed by atoms with Gasteiger partial charge in [0, 0.05) is 36.8 Å². The number of carbonyl (C=O) groups excluding carboxylic acids is 1. The van der Waals surface area contributed by atoms with Crippen molar-refractivity contribution >= 4 is 11.5 Å². The third-order valence-electron chi connectivity index (χ3n) is 4.06. The summed E-state index contributed by atoms with van der Waals surface area (Å²) >= 11 is 0. The quantitative estimate of drug-likeness (QED) is 0.469. The van der Waals surface area contributed by atoms with Crippen molar-refractivity contribution in [3.05, 3.63) is 39.9 Å². The van der Waals surface area contributed by atoms with E-state index in [1.54, 1.807) is 12.1 Å². The van der Waals surface area contributed by atoms with Crippen molar-refractivity contribution in [3.8, 4) is 0 Å².